The third kappa shape index (κ3) is 6.55. The maximum absolute atomic E-state index is 12.9. The monoisotopic (exact) mass is 445 g/mol. The van der Waals surface area contributed by atoms with Gasteiger partial charge >= 0.3 is 0 Å². The Balaban J connectivity index is 1.34. The number of amides is 1. The minimum Gasteiger partial charge on any atom is -0.359 e. The Morgan fingerprint density at radius 3 is 2.52 bits per heavy atom. The average molecular weight is 446 g/mol. The molecule has 1 saturated heterocycles. The molecule has 3 unspecified atom stereocenters. The van der Waals surface area contributed by atoms with E-state index in [1.54, 1.807) is 4.90 Å². The van der Waals surface area contributed by atoms with E-state index in [4.69, 9.17) is 4.74 Å². The predicted molar refractivity (Wildman–Crippen MR) is 118 cm³/mol. The molecule has 31 heavy (non-hydrogen) atoms. The summed E-state index contributed by atoms with van der Waals surface area (Å²) in [4.78, 5) is 25.7. The Morgan fingerprint density at radius 2 is 1.84 bits per heavy atom. The van der Waals surface area contributed by atoms with Crippen LogP contribution in [0.2, 0.25) is 0 Å². The van der Waals surface area contributed by atoms with Crippen molar-refractivity contribution in [3.63, 3.8) is 0 Å². The van der Waals surface area contributed by atoms with E-state index < -0.39 is 17.0 Å². The third-order valence-corrected chi connectivity index (χ3v) is 6.99. The Bertz CT molecular complexity index is 904. The summed E-state index contributed by atoms with van der Waals surface area (Å²) in [5.74, 6) is 0.0343. The van der Waals surface area contributed by atoms with Gasteiger partial charge in [0.25, 0.3) is 0 Å². The van der Waals surface area contributed by atoms with Crippen LogP contribution in [0.1, 0.15) is 54.9 Å². The van der Waals surface area contributed by atoms with Gasteiger partial charge in [-0.1, -0.05) is 36.8 Å². The van der Waals surface area contributed by atoms with Crippen LogP contribution in [-0.2, 0) is 26.1 Å². The van der Waals surface area contributed by atoms with Crippen molar-refractivity contribution in [3.8, 4) is 0 Å². The molecule has 1 amide bonds. The van der Waals surface area contributed by atoms with E-state index in [1.807, 2.05) is 37.3 Å². The first-order valence-corrected chi connectivity index (χ1v) is 12.0. The summed E-state index contributed by atoms with van der Waals surface area (Å²) in [5, 5.41) is -0.309. The molecular formula is C24H28FNO4S. The van der Waals surface area contributed by atoms with Gasteiger partial charge in [-0.25, -0.2) is 4.39 Å². The molecule has 1 heterocycles. The van der Waals surface area contributed by atoms with E-state index in [0.29, 0.717) is 30.8 Å². The van der Waals surface area contributed by atoms with Gasteiger partial charge in [-0.15, -0.1) is 0 Å². The number of ether oxygens (including phenoxy) is 1. The molecule has 166 valence electrons. The van der Waals surface area contributed by atoms with Crippen LogP contribution in [0, 0.1) is 5.82 Å². The Kier molecular flexibility index (Phi) is 8.49. The summed E-state index contributed by atoms with van der Waals surface area (Å²) in [5.41, 5.74) is 1.51. The molecule has 0 N–H and O–H groups in total. The van der Waals surface area contributed by atoms with Crippen molar-refractivity contribution < 1.29 is 22.9 Å². The summed E-state index contributed by atoms with van der Waals surface area (Å²) in [7, 11) is -1.17. The van der Waals surface area contributed by atoms with Crippen molar-refractivity contribution >= 4 is 22.5 Å². The molecule has 5 nitrogen and oxygen atoms in total. The van der Waals surface area contributed by atoms with Gasteiger partial charge in [-0.3, -0.25) is 13.8 Å². The van der Waals surface area contributed by atoms with Gasteiger partial charge in [-0.2, -0.15) is 0 Å². The van der Waals surface area contributed by atoms with Crippen LogP contribution in [0.3, 0.4) is 0 Å². The van der Waals surface area contributed by atoms with Gasteiger partial charge in [0.1, 0.15) is 17.4 Å². The molecule has 2 aromatic rings. The number of Topliss-reactive ketones (excluding diaryl/α,β-unsaturated/α-hetero) is 1. The number of halogens is 1. The molecule has 0 saturated carbocycles. The molecule has 1 fully saturated rings. The van der Waals surface area contributed by atoms with Gasteiger partial charge in [0.15, 0.2) is 5.78 Å². The van der Waals surface area contributed by atoms with E-state index in [-0.39, 0.29) is 22.9 Å². The van der Waals surface area contributed by atoms with Crippen molar-refractivity contribution in [2.24, 2.45) is 0 Å². The van der Waals surface area contributed by atoms with Crippen molar-refractivity contribution in [1.82, 2.24) is 4.90 Å². The highest BCUT2D eigenvalue weighted by atomic mass is 32.2. The fraction of sp³-hybridized carbons (Fsp3) is 0.417. The lowest BCUT2D eigenvalue weighted by atomic mass is 10.0. The number of hydrogen-bond acceptors (Lipinski definition) is 4. The normalized spacial score (nSPS) is 17.8. The van der Waals surface area contributed by atoms with Crippen LogP contribution in [0.15, 0.2) is 54.6 Å². The molecular weight excluding hydrogens is 417 g/mol. The van der Waals surface area contributed by atoms with Crippen molar-refractivity contribution in [3.05, 3.63) is 71.5 Å². The second-order valence-corrected chi connectivity index (χ2v) is 9.28. The summed E-state index contributed by atoms with van der Waals surface area (Å²) in [6.45, 7) is 2.27. The van der Waals surface area contributed by atoms with Gasteiger partial charge < -0.3 is 9.64 Å². The molecule has 0 radical (unpaired) electrons. The second-order valence-electron chi connectivity index (χ2n) is 7.68. The summed E-state index contributed by atoms with van der Waals surface area (Å²) >= 11 is 0. The highest BCUT2D eigenvalue weighted by Crippen LogP contribution is 2.27. The first-order valence-electron chi connectivity index (χ1n) is 10.6. The lowest BCUT2D eigenvalue weighted by molar-refractivity contribution is -0.160. The van der Waals surface area contributed by atoms with Crippen molar-refractivity contribution in [1.29, 1.82) is 0 Å². The zero-order chi connectivity index (χ0) is 22.2. The molecule has 7 heteroatoms. The zero-order valence-electron chi connectivity index (χ0n) is 17.7. The van der Waals surface area contributed by atoms with Crippen LogP contribution < -0.4 is 0 Å². The van der Waals surface area contributed by atoms with Crippen LogP contribution in [0.25, 0.3) is 0 Å². The fourth-order valence-electron chi connectivity index (χ4n) is 3.57. The van der Waals surface area contributed by atoms with Gasteiger partial charge in [-0.05, 0) is 49.6 Å². The minimum absolute atomic E-state index is 0.00389. The number of hydrogen-bond donors (Lipinski definition) is 0. The fourth-order valence-corrected chi connectivity index (χ4v) is 5.16. The van der Waals surface area contributed by atoms with Gasteiger partial charge in [0.05, 0.1) is 12.2 Å². The SMILES string of the molecule is CC(OCCCCCC(=O)c1ccc(F)cc1)N1C(=O)CC1S(=O)Cc1ccccc1. The van der Waals surface area contributed by atoms with Crippen molar-refractivity contribution in [2.75, 3.05) is 6.61 Å². The summed E-state index contributed by atoms with van der Waals surface area (Å²) in [6.07, 6.45) is 2.58. The Labute approximate surface area is 185 Å². The van der Waals surface area contributed by atoms with E-state index in [2.05, 4.69) is 0 Å². The summed E-state index contributed by atoms with van der Waals surface area (Å²) < 4.78 is 31.4. The number of carbonyl (C=O) groups is 2. The smallest absolute Gasteiger partial charge is 0.228 e. The standard InChI is InChI=1S/C24H28FNO4S/c1-18(26-23(28)16-24(26)31(29)17-19-8-4-2-5-9-19)30-15-7-3-6-10-22(27)20-11-13-21(25)14-12-20/h2,4-5,8-9,11-14,18,24H,3,6-7,10,15-17H2,1H3. The number of benzene rings is 2. The molecule has 0 aliphatic carbocycles. The minimum atomic E-state index is -1.17. The number of likely N-dealkylation sites (tertiary alicyclic amines) is 1. The lowest BCUT2D eigenvalue weighted by Crippen LogP contribution is -2.59. The van der Waals surface area contributed by atoms with E-state index >= 15 is 0 Å². The van der Waals surface area contributed by atoms with E-state index in [0.717, 1.165) is 24.8 Å². The topological polar surface area (TPSA) is 63.7 Å². The van der Waals surface area contributed by atoms with Crippen molar-refractivity contribution in [2.45, 2.75) is 56.4 Å². The third-order valence-electron chi connectivity index (χ3n) is 5.37. The maximum Gasteiger partial charge on any atom is 0.228 e. The number of β-lactam (4-membered cyclic amide) rings is 1. The maximum atomic E-state index is 12.9. The van der Waals surface area contributed by atoms with E-state index in [1.165, 1.54) is 24.3 Å². The van der Waals surface area contributed by atoms with Gasteiger partial charge in [0, 0.05) is 29.4 Å². The largest absolute Gasteiger partial charge is 0.359 e. The molecule has 0 aromatic heterocycles. The lowest BCUT2D eigenvalue weighted by Gasteiger charge is -2.43. The first-order chi connectivity index (χ1) is 15.0. The quantitative estimate of drug-likeness (QED) is 0.275. The molecule has 0 spiro atoms. The molecule has 2 aromatic carbocycles. The number of carbonyl (C=O) groups excluding carboxylic acids is 2. The Morgan fingerprint density at radius 1 is 1.13 bits per heavy atom. The highest BCUT2D eigenvalue weighted by molar-refractivity contribution is 7.85. The van der Waals surface area contributed by atoms with Crippen LogP contribution in [0.5, 0.6) is 0 Å². The number of nitrogens with zero attached hydrogens (tertiary/aromatic N) is 1. The second kappa shape index (κ2) is 11.3. The predicted octanol–water partition coefficient (Wildman–Crippen LogP) is 4.44. The number of rotatable bonds is 12. The number of unbranched alkanes of at least 4 members (excludes halogenated alkanes) is 2. The first kappa shape index (κ1) is 23.3. The highest BCUT2D eigenvalue weighted by Gasteiger charge is 2.43. The van der Waals surface area contributed by atoms with Gasteiger partial charge in [0.2, 0.25) is 5.91 Å². The van der Waals surface area contributed by atoms with Crippen LogP contribution >= 0.6 is 0 Å². The molecule has 1 aliphatic heterocycles. The Hall–Kier alpha value is -2.38. The van der Waals surface area contributed by atoms with Crippen LogP contribution in [0.4, 0.5) is 4.39 Å². The number of ketones is 1. The van der Waals surface area contributed by atoms with E-state index in [9.17, 15) is 18.2 Å². The molecule has 3 rings (SSSR count). The molecule has 1 aliphatic rings. The molecule has 3 atom stereocenters. The van der Waals surface area contributed by atoms with Crippen LogP contribution in [-0.4, -0.2) is 39.0 Å². The summed E-state index contributed by atoms with van der Waals surface area (Å²) in [6, 6.07) is 15.2. The average Bonchev–Trinajstić information content (AvgIpc) is 2.75. The molecule has 0 bridgehead atoms. The zero-order valence-corrected chi connectivity index (χ0v) is 18.5.